The van der Waals surface area contributed by atoms with Crippen LogP contribution in [0.5, 0.6) is 5.88 Å². The van der Waals surface area contributed by atoms with Crippen molar-refractivity contribution in [3.05, 3.63) is 74.9 Å². The smallest absolute Gasteiger partial charge is 0.232 e. The van der Waals surface area contributed by atoms with E-state index >= 15 is 0 Å². The standard InChI is InChI=1S/C27H25Cl2IN6O3/c1-16(37)21-14-35(18-10-32-36(13-18)19-11-33(30)12-19)24-9-25(23(29)8-20(24)26(21)38)34-7-3-4-17(34)15-39-27-22(28)5-2-6-31-27/h2,5-6,8-10,13-14,17,19H,3-4,7,11-12,15H2,1H3/t17-/m1/s1. The number of benzene rings is 1. The molecule has 39 heavy (non-hydrogen) atoms. The molecule has 0 unspecified atom stereocenters. The second kappa shape index (κ2) is 10.7. The van der Waals surface area contributed by atoms with Gasteiger partial charge in [0, 0.05) is 66.5 Å². The molecule has 2 aliphatic heterocycles. The lowest BCUT2D eigenvalue weighted by Crippen LogP contribution is -2.41. The van der Waals surface area contributed by atoms with Crippen molar-refractivity contribution in [1.29, 1.82) is 0 Å². The van der Waals surface area contributed by atoms with Crippen LogP contribution in [0.2, 0.25) is 10.0 Å². The highest BCUT2D eigenvalue weighted by Gasteiger charge is 2.29. The lowest BCUT2D eigenvalue weighted by molar-refractivity contribution is 0.101. The van der Waals surface area contributed by atoms with Gasteiger partial charge in [0.1, 0.15) is 11.6 Å². The molecule has 1 aromatic carbocycles. The SMILES string of the molecule is CC(=O)c1cn(-c2cnn(C3CN(I)C3)c2)c2cc(N3CCC[C@@H]3COc3ncccc3Cl)c(Cl)cc2c1=O. The van der Waals surface area contributed by atoms with Gasteiger partial charge in [0.2, 0.25) is 5.88 Å². The molecule has 0 N–H and O–H groups in total. The van der Waals surface area contributed by atoms with Gasteiger partial charge < -0.3 is 14.2 Å². The van der Waals surface area contributed by atoms with Crippen LogP contribution in [0.3, 0.4) is 0 Å². The minimum atomic E-state index is -0.333. The number of carbonyl (C=O) groups excluding carboxylic acids is 1. The van der Waals surface area contributed by atoms with Crippen LogP contribution in [-0.2, 0) is 0 Å². The molecule has 2 saturated heterocycles. The number of ether oxygens (including phenoxy) is 1. The van der Waals surface area contributed by atoms with Crippen LogP contribution in [0.1, 0.15) is 36.2 Å². The summed E-state index contributed by atoms with van der Waals surface area (Å²) in [5.74, 6) is 0.100. The zero-order chi connectivity index (χ0) is 27.3. The molecule has 0 radical (unpaired) electrons. The van der Waals surface area contributed by atoms with Crippen molar-refractivity contribution in [1.82, 2.24) is 22.4 Å². The van der Waals surface area contributed by atoms with E-state index < -0.39 is 0 Å². The Morgan fingerprint density at radius 3 is 2.77 bits per heavy atom. The van der Waals surface area contributed by atoms with Crippen molar-refractivity contribution in [2.75, 3.05) is 31.1 Å². The number of Topliss-reactive ketones (excluding diaryl/α,β-unsaturated/α-hetero) is 1. The van der Waals surface area contributed by atoms with Crippen molar-refractivity contribution in [3.63, 3.8) is 0 Å². The van der Waals surface area contributed by atoms with Crippen LogP contribution in [0.4, 0.5) is 5.69 Å². The van der Waals surface area contributed by atoms with Gasteiger partial charge in [-0.05, 0) is 44.0 Å². The Hall–Kier alpha value is -2.67. The van der Waals surface area contributed by atoms with Gasteiger partial charge in [0.25, 0.3) is 0 Å². The predicted octanol–water partition coefficient (Wildman–Crippen LogP) is 5.35. The second-order valence-electron chi connectivity index (χ2n) is 9.87. The first-order valence-corrected chi connectivity index (χ1v) is 14.4. The monoisotopic (exact) mass is 678 g/mol. The van der Waals surface area contributed by atoms with Crippen LogP contribution in [0, 0.1) is 0 Å². The van der Waals surface area contributed by atoms with Gasteiger partial charge >= 0.3 is 0 Å². The largest absolute Gasteiger partial charge is 0.474 e. The molecular formula is C27H25Cl2IN6O3. The number of pyridine rings is 2. The highest BCUT2D eigenvalue weighted by Crippen LogP contribution is 2.36. The van der Waals surface area contributed by atoms with E-state index in [1.54, 1.807) is 36.8 Å². The number of nitrogens with zero attached hydrogens (tertiary/aromatic N) is 6. The summed E-state index contributed by atoms with van der Waals surface area (Å²) in [5, 5.41) is 5.87. The summed E-state index contributed by atoms with van der Waals surface area (Å²) >= 11 is 15.3. The lowest BCUT2D eigenvalue weighted by atomic mass is 10.1. The summed E-state index contributed by atoms with van der Waals surface area (Å²) in [5.41, 5.74) is 2.01. The molecule has 0 saturated carbocycles. The third-order valence-corrected chi connectivity index (χ3v) is 8.71. The molecule has 2 aliphatic rings. The fraction of sp³-hybridized carbons (Fsp3) is 0.333. The molecule has 0 aliphatic carbocycles. The summed E-state index contributed by atoms with van der Waals surface area (Å²) in [7, 11) is 0. The number of carbonyl (C=O) groups is 1. The van der Waals surface area contributed by atoms with Crippen LogP contribution < -0.4 is 15.1 Å². The van der Waals surface area contributed by atoms with Gasteiger partial charge in [0.05, 0.1) is 45.8 Å². The molecule has 2 fully saturated rings. The van der Waals surface area contributed by atoms with Crippen LogP contribution in [0.25, 0.3) is 16.6 Å². The van der Waals surface area contributed by atoms with Gasteiger partial charge in [-0.15, -0.1) is 0 Å². The molecule has 0 amide bonds. The zero-order valence-corrected chi connectivity index (χ0v) is 24.7. The van der Waals surface area contributed by atoms with Crippen molar-refractivity contribution >= 4 is 68.4 Å². The quantitative estimate of drug-likeness (QED) is 0.148. The Kier molecular flexibility index (Phi) is 7.30. The van der Waals surface area contributed by atoms with Gasteiger partial charge in [-0.1, -0.05) is 23.2 Å². The van der Waals surface area contributed by atoms with E-state index in [9.17, 15) is 9.59 Å². The van der Waals surface area contributed by atoms with Crippen LogP contribution in [-0.4, -0.2) is 60.5 Å². The molecule has 0 spiro atoms. The first-order chi connectivity index (χ1) is 18.8. The molecular weight excluding hydrogens is 654 g/mol. The molecule has 5 heterocycles. The van der Waals surface area contributed by atoms with Crippen molar-refractivity contribution in [3.8, 4) is 11.6 Å². The summed E-state index contributed by atoms with van der Waals surface area (Å²) in [6.07, 6.45) is 8.87. The fourth-order valence-corrected chi connectivity index (χ4v) is 6.58. The Morgan fingerprint density at radius 2 is 2.03 bits per heavy atom. The predicted molar refractivity (Wildman–Crippen MR) is 160 cm³/mol. The molecule has 1 atom stereocenters. The van der Waals surface area contributed by atoms with Crippen LogP contribution in [0.15, 0.2) is 53.8 Å². The number of halogens is 3. The number of aromatic nitrogens is 4. The summed E-state index contributed by atoms with van der Waals surface area (Å²) in [6, 6.07) is 7.45. The fourth-order valence-electron chi connectivity index (χ4n) is 5.22. The van der Waals surface area contributed by atoms with Crippen molar-refractivity contribution in [2.45, 2.75) is 31.8 Å². The first-order valence-electron chi connectivity index (χ1n) is 12.6. The first kappa shape index (κ1) is 26.5. The topological polar surface area (TPSA) is 85.5 Å². The third kappa shape index (κ3) is 5.03. The van der Waals surface area contributed by atoms with Gasteiger partial charge in [-0.3, -0.25) is 14.3 Å². The Bertz CT molecular complexity index is 1630. The normalized spacial score (nSPS) is 18.1. The Balaban J connectivity index is 1.40. The lowest BCUT2D eigenvalue weighted by Gasteiger charge is -2.34. The zero-order valence-electron chi connectivity index (χ0n) is 21.1. The molecule has 4 aromatic rings. The maximum Gasteiger partial charge on any atom is 0.232 e. The maximum absolute atomic E-state index is 13.3. The second-order valence-corrected chi connectivity index (χ2v) is 12.0. The number of rotatable bonds is 7. The molecule has 12 heteroatoms. The average molecular weight is 679 g/mol. The number of hydrogen-bond donors (Lipinski definition) is 0. The number of hydrogen-bond acceptors (Lipinski definition) is 7. The molecule has 0 bridgehead atoms. The van der Waals surface area contributed by atoms with E-state index in [2.05, 4.69) is 41.0 Å². The Labute approximate surface area is 248 Å². The summed E-state index contributed by atoms with van der Waals surface area (Å²) < 4.78 is 12.0. The van der Waals surface area contributed by atoms with Crippen molar-refractivity contribution in [2.24, 2.45) is 0 Å². The average Bonchev–Trinajstić information content (AvgIpc) is 3.56. The minimum Gasteiger partial charge on any atom is -0.474 e. The van der Waals surface area contributed by atoms with E-state index in [1.165, 1.54) is 6.92 Å². The van der Waals surface area contributed by atoms with E-state index in [0.717, 1.165) is 43.9 Å². The van der Waals surface area contributed by atoms with Crippen molar-refractivity contribution < 1.29 is 9.53 Å². The highest BCUT2D eigenvalue weighted by molar-refractivity contribution is 14.1. The van der Waals surface area contributed by atoms with Gasteiger partial charge in [-0.2, -0.15) is 5.10 Å². The number of fused-ring (bicyclic) bond motifs is 1. The number of anilines is 1. The molecule has 202 valence electrons. The maximum atomic E-state index is 13.3. The highest BCUT2D eigenvalue weighted by atomic mass is 127. The molecule has 6 rings (SSSR count). The minimum absolute atomic E-state index is 0.0484. The summed E-state index contributed by atoms with van der Waals surface area (Å²) in [4.78, 5) is 32.2. The third-order valence-electron chi connectivity index (χ3n) is 7.33. The van der Waals surface area contributed by atoms with E-state index in [0.29, 0.717) is 33.4 Å². The van der Waals surface area contributed by atoms with Gasteiger partial charge in [-0.25, -0.2) is 8.10 Å². The molecule has 3 aromatic heterocycles. The van der Waals surface area contributed by atoms with E-state index in [1.807, 2.05) is 21.5 Å². The number of ketones is 1. The summed E-state index contributed by atoms with van der Waals surface area (Å²) in [6.45, 7) is 4.40. The van der Waals surface area contributed by atoms with Gasteiger partial charge in [0.15, 0.2) is 11.2 Å². The van der Waals surface area contributed by atoms with E-state index in [-0.39, 0.29) is 28.9 Å². The Morgan fingerprint density at radius 1 is 1.21 bits per heavy atom. The molecule has 9 nitrogen and oxygen atoms in total. The van der Waals surface area contributed by atoms with E-state index in [4.69, 9.17) is 27.9 Å². The van der Waals surface area contributed by atoms with Crippen LogP contribution >= 0.6 is 46.1 Å².